The molecule has 3 aromatic heterocycles. The fourth-order valence-electron chi connectivity index (χ4n) is 3.95. The second-order valence-electron chi connectivity index (χ2n) is 7.23. The fraction of sp³-hybridized carbons (Fsp3) is 0.400. The van der Waals surface area contributed by atoms with Crippen molar-refractivity contribution in [2.24, 2.45) is 5.92 Å². The van der Waals surface area contributed by atoms with Gasteiger partial charge in [0.2, 0.25) is 11.7 Å². The molecule has 28 heavy (non-hydrogen) atoms. The summed E-state index contributed by atoms with van der Waals surface area (Å²) in [6, 6.07) is 1.78. The Morgan fingerprint density at radius 3 is 3.07 bits per heavy atom. The summed E-state index contributed by atoms with van der Waals surface area (Å²) in [6.45, 7) is 4.36. The van der Waals surface area contributed by atoms with E-state index in [0.717, 1.165) is 40.8 Å². The van der Waals surface area contributed by atoms with Crippen LogP contribution >= 0.6 is 0 Å². The molecule has 1 fully saturated rings. The van der Waals surface area contributed by atoms with Gasteiger partial charge in [-0.2, -0.15) is 4.98 Å². The SMILES string of the molecule is Cc1ncc2c(c1-c1noc(-c3ccoc3)n1)CCN(C(=O)[C@@H]1CCOC1)C2. The zero-order valence-corrected chi connectivity index (χ0v) is 15.6. The molecule has 1 saturated heterocycles. The Balaban J connectivity index is 1.45. The van der Waals surface area contributed by atoms with Gasteiger partial charge < -0.3 is 18.6 Å². The lowest BCUT2D eigenvalue weighted by molar-refractivity contribution is -0.136. The van der Waals surface area contributed by atoms with E-state index in [1.54, 1.807) is 18.6 Å². The molecule has 1 amide bonds. The Bertz CT molecular complexity index is 1010. The number of fused-ring (bicyclic) bond motifs is 1. The quantitative estimate of drug-likeness (QED) is 0.689. The molecule has 8 heteroatoms. The van der Waals surface area contributed by atoms with Crippen molar-refractivity contribution >= 4 is 5.91 Å². The molecule has 5 heterocycles. The second-order valence-corrected chi connectivity index (χ2v) is 7.23. The summed E-state index contributed by atoms with van der Waals surface area (Å²) >= 11 is 0. The van der Waals surface area contributed by atoms with Crippen molar-refractivity contribution in [2.75, 3.05) is 19.8 Å². The first-order valence-corrected chi connectivity index (χ1v) is 9.41. The number of pyridine rings is 1. The summed E-state index contributed by atoms with van der Waals surface area (Å²) in [5, 5.41) is 4.16. The highest BCUT2D eigenvalue weighted by Gasteiger charge is 2.31. The summed E-state index contributed by atoms with van der Waals surface area (Å²) in [4.78, 5) is 23.7. The van der Waals surface area contributed by atoms with Gasteiger partial charge in [-0.05, 0) is 37.0 Å². The van der Waals surface area contributed by atoms with Crippen molar-refractivity contribution < 1.29 is 18.5 Å². The van der Waals surface area contributed by atoms with Gasteiger partial charge >= 0.3 is 0 Å². The third-order valence-electron chi connectivity index (χ3n) is 5.47. The van der Waals surface area contributed by atoms with E-state index >= 15 is 0 Å². The van der Waals surface area contributed by atoms with Crippen LogP contribution < -0.4 is 0 Å². The predicted octanol–water partition coefficient (Wildman–Crippen LogP) is 2.62. The van der Waals surface area contributed by atoms with Gasteiger partial charge in [0.15, 0.2) is 0 Å². The van der Waals surface area contributed by atoms with Gasteiger partial charge in [-0.25, -0.2) is 0 Å². The minimum Gasteiger partial charge on any atom is -0.472 e. The highest BCUT2D eigenvalue weighted by Crippen LogP contribution is 2.32. The monoisotopic (exact) mass is 380 g/mol. The molecule has 8 nitrogen and oxygen atoms in total. The van der Waals surface area contributed by atoms with Crippen LogP contribution in [0.3, 0.4) is 0 Å². The topological polar surface area (TPSA) is 94.5 Å². The summed E-state index contributed by atoms with van der Waals surface area (Å²) in [5.74, 6) is 1.08. The largest absolute Gasteiger partial charge is 0.472 e. The molecule has 0 aromatic carbocycles. The summed E-state index contributed by atoms with van der Waals surface area (Å²) < 4.78 is 15.9. The number of carbonyl (C=O) groups excluding carboxylic acids is 1. The third-order valence-corrected chi connectivity index (χ3v) is 5.47. The van der Waals surface area contributed by atoms with Crippen molar-refractivity contribution in [3.63, 3.8) is 0 Å². The van der Waals surface area contributed by atoms with Gasteiger partial charge in [-0.15, -0.1) is 0 Å². The number of rotatable bonds is 3. The van der Waals surface area contributed by atoms with E-state index in [1.165, 1.54) is 0 Å². The fourth-order valence-corrected chi connectivity index (χ4v) is 3.95. The number of aromatic nitrogens is 3. The van der Waals surface area contributed by atoms with E-state index < -0.39 is 0 Å². The average molecular weight is 380 g/mol. The van der Waals surface area contributed by atoms with Gasteiger partial charge in [0.05, 0.1) is 24.4 Å². The Morgan fingerprint density at radius 2 is 2.29 bits per heavy atom. The number of amides is 1. The van der Waals surface area contributed by atoms with Crippen LogP contribution in [-0.4, -0.2) is 45.7 Å². The second kappa shape index (κ2) is 6.87. The van der Waals surface area contributed by atoms with Crippen molar-refractivity contribution in [2.45, 2.75) is 26.3 Å². The maximum Gasteiger partial charge on any atom is 0.261 e. The lowest BCUT2D eigenvalue weighted by atomic mass is 9.93. The van der Waals surface area contributed by atoms with Crippen LogP contribution in [0.5, 0.6) is 0 Å². The molecule has 0 aliphatic carbocycles. The van der Waals surface area contributed by atoms with Gasteiger partial charge in [-0.3, -0.25) is 9.78 Å². The zero-order chi connectivity index (χ0) is 19.1. The van der Waals surface area contributed by atoms with Crippen molar-refractivity contribution in [1.82, 2.24) is 20.0 Å². The maximum absolute atomic E-state index is 12.7. The molecule has 0 spiro atoms. The van der Waals surface area contributed by atoms with Crippen LogP contribution in [0.4, 0.5) is 0 Å². The highest BCUT2D eigenvalue weighted by molar-refractivity contribution is 5.80. The predicted molar refractivity (Wildman–Crippen MR) is 98.0 cm³/mol. The molecule has 144 valence electrons. The number of ether oxygens (including phenoxy) is 1. The first-order chi connectivity index (χ1) is 13.7. The van der Waals surface area contributed by atoms with Gasteiger partial charge in [0, 0.05) is 37.2 Å². The van der Waals surface area contributed by atoms with Crippen LogP contribution in [0.1, 0.15) is 23.2 Å². The number of carbonyl (C=O) groups is 1. The normalized spacial score (nSPS) is 19.0. The smallest absolute Gasteiger partial charge is 0.261 e. The van der Waals surface area contributed by atoms with Crippen molar-refractivity contribution in [3.05, 3.63) is 41.6 Å². The minimum atomic E-state index is -0.0193. The van der Waals surface area contributed by atoms with Crippen LogP contribution in [0.15, 0.2) is 33.7 Å². The molecule has 0 bridgehead atoms. The first-order valence-electron chi connectivity index (χ1n) is 9.41. The van der Waals surface area contributed by atoms with Crippen LogP contribution in [-0.2, 0) is 22.5 Å². The molecule has 3 aromatic rings. The standard InChI is InChI=1S/C20H20N4O4/c1-12-17(18-22-19(28-23-18)13-3-6-26-10-13)16-2-5-24(9-15(16)8-21-12)20(25)14-4-7-27-11-14/h3,6,8,10,14H,2,4-5,7,9,11H2,1H3/t14-/m1/s1. The number of aryl methyl sites for hydroxylation is 1. The highest BCUT2D eigenvalue weighted by atomic mass is 16.5. The van der Waals surface area contributed by atoms with Gasteiger partial charge in [0.1, 0.15) is 6.26 Å². The molecule has 2 aliphatic heterocycles. The van der Waals surface area contributed by atoms with Crippen LogP contribution in [0.25, 0.3) is 22.8 Å². The van der Waals surface area contributed by atoms with Gasteiger partial charge in [0.25, 0.3) is 5.89 Å². The molecule has 0 saturated carbocycles. The van der Waals surface area contributed by atoms with Crippen LogP contribution in [0, 0.1) is 12.8 Å². The van der Waals surface area contributed by atoms with E-state index in [4.69, 9.17) is 13.7 Å². The molecule has 5 rings (SSSR count). The molecular weight excluding hydrogens is 360 g/mol. The lowest BCUT2D eigenvalue weighted by Gasteiger charge is -2.31. The van der Waals surface area contributed by atoms with Crippen LogP contribution in [0.2, 0.25) is 0 Å². The van der Waals surface area contributed by atoms with E-state index in [-0.39, 0.29) is 11.8 Å². The summed E-state index contributed by atoms with van der Waals surface area (Å²) in [7, 11) is 0. The van der Waals surface area contributed by atoms with E-state index in [0.29, 0.717) is 38.0 Å². The number of nitrogens with zero attached hydrogens (tertiary/aromatic N) is 4. The number of hydrogen-bond donors (Lipinski definition) is 0. The average Bonchev–Trinajstić information content (AvgIpc) is 3.49. The molecular formula is C20H20N4O4. The number of furan rings is 1. The lowest BCUT2D eigenvalue weighted by Crippen LogP contribution is -2.40. The Kier molecular flexibility index (Phi) is 4.20. The van der Waals surface area contributed by atoms with Gasteiger partial charge in [-0.1, -0.05) is 5.16 Å². The maximum atomic E-state index is 12.7. The van der Waals surface area contributed by atoms with Crippen molar-refractivity contribution in [1.29, 1.82) is 0 Å². The van der Waals surface area contributed by atoms with E-state index in [9.17, 15) is 4.79 Å². The molecule has 0 unspecified atom stereocenters. The first kappa shape index (κ1) is 17.1. The molecule has 0 radical (unpaired) electrons. The Labute approximate surface area is 161 Å². The Morgan fingerprint density at radius 1 is 1.36 bits per heavy atom. The molecule has 1 atom stereocenters. The zero-order valence-electron chi connectivity index (χ0n) is 15.6. The summed E-state index contributed by atoms with van der Waals surface area (Å²) in [6.07, 6.45) is 6.54. The summed E-state index contributed by atoms with van der Waals surface area (Å²) in [5.41, 5.74) is 4.66. The molecule has 2 aliphatic rings. The van der Waals surface area contributed by atoms with Crippen molar-refractivity contribution in [3.8, 4) is 22.8 Å². The van der Waals surface area contributed by atoms with E-state index in [1.807, 2.05) is 18.0 Å². The Hall–Kier alpha value is -3.00. The number of hydrogen-bond acceptors (Lipinski definition) is 7. The third kappa shape index (κ3) is 2.90. The minimum absolute atomic E-state index is 0.0193. The molecule has 0 N–H and O–H groups in total. The van der Waals surface area contributed by atoms with E-state index in [2.05, 4.69) is 15.1 Å².